The van der Waals surface area contributed by atoms with Crippen LogP contribution in [-0.2, 0) is 21.3 Å². The number of terminal acetylenes is 1. The summed E-state index contributed by atoms with van der Waals surface area (Å²) in [4.78, 5) is 19.1. The van der Waals surface area contributed by atoms with Crippen LogP contribution in [0.2, 0.25) is 0 Å². The van der Waals surface area contributed by atoms with Gasteiger partial charge in [0.2, 0.25) is 0 Å². The third-order valence-corrected chi connectivity index (χ3v) is 9.25. The van der Waals surface area contributed by atoms with Gasteiger partial charge in [-0.15, -0.1) is 17.8 Å². The molecule has 0 unspecified atom stereocenters. The molecular formula is C23H18BrFN2O3S2. The Morgan fingerprint density at radius 2 is 2.03 bits per heavy atom. The lowest BCUT2D eigenvalue weighted by Gasteiger charge is -2.35. The molecule has 0 spiro atoms. The molecule has 5 nitrogen and oxygen atoms in total. The predicted octanol–water partition coefficient (Wildman–Crippen LogP) is 4.17. The lowest BCUT2D eigenvalue weighted by molar-refractivity contribution is 0.0666. The van der Waals surface area contributed by atoms with E-state index in [1.807, 2.05) is 30.3 Å². The van der Waals surface area contributed by atoms with Gasteiger partial charge in [-0.25, -0.2) is 17.8 Å². The lowest BCUT2D eigenvalue weighted by atomic mass is 10.1. The van der Waals surface area contributed by atoms with Crippen molar-refractivity contribution in [2.45, 2.75) is 11.4 Å². The van der Waals surface area contributed by atoms with Gasteiger partial charge in [-0.05, 0) is 39.7 Å². The van der Waals surface area contributed by atoms with Gasteiger partial charge in [0.05, 0.1) is 12.3 Å². The fourth-order valence-corrected chi connectivity index (χ4v) is 6.74. The summed E-state index contributed by atoms with van der Waals surface area (Å²) in [6.07, 6.45) is 7.48. The van der Waals surface area contributed by atoms with E-state index in [1.54, 1.807) is 12.1 Å². The molecule has 1 saturated heterocycles. The first-order valence-corrected chi connectivity index (χ1v) is 13.0. The molecule has 4 rings (SSSR count). The summed E-state index contributed by atoms with van der Waals surface area (Å²) >= 11 is 4.33. The van der Waals surface area contributed by atoms with E-state index in [0.717, 1.165) is 21.8 Å². The van der Waals surface area contributed by atoms with Crippen LogP contribution in [-0.4, -0.2) is 43.1 Å². The zero-order valence-corrected chi connectivity index (χ0v) is 20.0. The molecule has 0 bridgehead atoms. The maximum absolute atomic E-state index is 16.1. The molecule has 2 heterocycles. The number of amides is 1. The Hall–Kier alpha value is -2.54. The second-order valence-corrected chi connectivity index (χ2v) is 11.7. The van der Waals surface area contributed by atoms with Gasteiger partial charge < -0.3 is 4.90 Å². The highest BCUT2D eigenvalue weighted by molar-refractivity contribution is 9.10. The Morgan fingerprint density at radius 3 is 2.75 bits per heavy atom. The number of thiazole rings is 1. The van der Waals surface area contributed by atoms with E-state index in [2.05, 4.69) is 26.8 Å². The van der Waals surface area contributed by atoms with Gasteiger partial charge in [0.25, 0.3) is 10.9 Å². The molecule has 1 amide bonds. The van der Waals surface area contributed by atoms with Crippen molar-refractivity contribution in [1.29, 1.82) is 0 Å². The van der Waals surface area contributed by atoms with Gasteiger partial charge in [0.1, 0.15) is 5.01 Å². The third kappa shape index (κ3) is 4.22. The molecule has 0 aliphatic carbocycles. The van der Waals surface area contributed by atoms with E-state index in [-0.39, 0.29) is 17.1 Å². The molecule has 0 saturated carbocycles. The van der Waals surface area contributed by atoms with Crippen LogP contribution in [0, 0.1) is 12.3 Å². The number of sulfone groups is 1. The first-order valence-electron chi connectivity index (χ1n) is 9.69. The number of hydrogen-bond acceptors (Lipinski definition) is 5. The molecule has 1 aliphatic heterocycles. The van der Waals surface area contributed by atoms with Crippen molar-refractivity contribution >= 4 is 43.0 Å². The molecule has 0 radical (unpaired) electrons. The van der Waals surface area contributed by atoms with Crippen LogP contribution in [0.4, 0.5) is 4.39 Å². The van der Waals surface area contributed by atoms with Crippen LogP contribution < -0.4 is 0 Å². The third-order valence-electron chi connectivity index (χ3n) is 5.27. The second-order valence-electron chi connectivity index (χ2n) is 7.41. The van der Waals surface area contributed by atoms with Crippen LogP contribution >= 0.6 is 27.3 Å². The second kappa shape index (κ2) is 8.77. The van der Waals surface area contributed by atoms with Gasteiger partial charge in [0, 0.05) is 39.6 Å². The minimum atomic E-state index is -4.16. The number of hydrogen-bond donors (Lipinski definition) is 0. The largest absolute Gasteiger partial charge is 0.333 e. The SMILES string of the molecule is C#Cc1cc(C(=O)N2CCS(=O)(=O)[C@](F)(c3ncc(Cc4ccccc4)s3)C2)ccc1Br. The Balaban J connectivity index is 1.61. The average Bonchev–Trinajstić information content (AvgIpc) is 3.25. The van der Waals surface area contributed by atoms with Crippen molar-refractivity contribution in [1.82, 2.24) is 9.88 Å². The van der Waals surface area contributed by atoms with E-state index in [4.69, 9.17) is 6.42 Å². The predicted molar refractivity (Wildman–Crippen MR) is 126 cm³/mol. The van der Waals surface area contributed by atoms with Gasteiger partial charge in [-0.1, -0.05) is 36.3 Å². The van der Waals surface area contributed by atoms with Gasteiger partial charge >= 0.3 is 0 Å². The Kier molecular flexibility index (Phi) is 6.21. The number of carbonyl (C=O) groups excluding carboxylic acids is 1. The Bertz CT molecular complexity index is 1320. The molecule has 9 heteroatoms. The Labute approximate surface area is 198 Å². The standard InChI is InChI=1S/C23H18BrFN2O3S2/c1-2-17-13-18(8-9-20(17)24)21(28)27-10-11-32(29,30)23(25,15-27)22-26-14-19(31-22)12-16-6-4-3-5-7-16/h1,3-9,13-14H,10-12,15H2/t23-/m0/s1. The zero-order chi connectivity index (χ0) is 22.9. The lowest BCUT2D eigenvalue weighted by Crippen LogP contribution is -2.53. The number of benzene rings is 2. The molecule has 32 heavy (non-hydrogen) atoms. The quantitative estimate of drug-likeness (QED) is 0.473. The van der Waals surface area contributed by atoms with E-state index in [1.165, 1.54) is 17.2 Å². The van der Waals surface area contributed by atoms with E-state index < -0.39 is 33.0 Å². The molecule has 0 N–H and O–H groups in total. The molecule has 164 valence electrons. The fourth-order valence-electron chi connectivity index (χ4n) is 3.50. The highest BCUT2D eigenvalue weighted by atomic mass is 79.9. The molecule has 1 aliphatic rings. The maximum atomic E-state index is 16.1. The summed E-state index contributed by atoms with van der Waals surface area (Å²) in [5.41, 5.74) is 1.77. The summed E-state index contributed by atoms with van der Waals surface area (Å²) < 4.78 is 42.2. The summed E-state index contributed by atoms with van der Waals surface area (Å²) in [6, 6.07) is 14.3. The van der Waals surface area contributed by atoms with Crippen molar-refractivity contribution in [3.05, 3.63) is 85.8 Å². The topological polar surface area (TPSA) is 67.3 Å². The average molecular weight is 533 g/mol. The summed E-state index contributed by atoms with van der Waals surface area (Å²) in [7, 11) is -4.16. The van der Waals surface area contributed by atoms with Crippen LogP contribution in [0.3, 0.4) is 0 Å². The van der Waals surface area contributed by atoms with Crippen molar-refractivity contribution in [2.75, 3.05) is 18.8 Å². The van der Waals surface area contributed by atoms with Crippen molar-refractivity contribution in [2.24, 2.45) is 0 Å². The minimum Gasteiger partial charge on any atom is -0.333 e. The highest BCUT2D eigenvalue weighted by Gasteiger charge is 2.53. The number of alkyl halides is 1. The number of aromatic nitrogens is 1. The van der Waals surface area contributed by atoms with Crippen LogP contribution in [0.1, 0.15) is 31.4 Å². The minimum absolute atomic E-state index is 0.101. The molecule has 1 aromatic heterocycles. The summed E-state index contributed by atoms with van der Waals surface area (Å²) in [6.45, 7) is -0.718. The van der Waals surface area contributed by atoms with E-state index in [0.29, 0.717) is 16.5 Å². The molecular weight excluding hydrogens is 515 g/mol. The number of halogens is 2. The van der Waals surface area contributed by atoms with Gasteiger partial charge in [-0.3, -0.25) is 4.79 Å². The van der Waals surface area contributed by atoms with E-state index >= 15 is 4.39 Å². The van der Waals surface area contributed by atoms with Crippen molar-refractivity contribution < 1.29 is 17.6 Å². The zero-order valence-electron chi connectivity index (χ0n) is 16.8. The van der Waals surface area contributed by atoms with Crippen LogP contribution in [0.25, 0.3) is 0 Å². The first kappa shape index (κ1) is 22.6. The molecule has 2 aromatic carbocycles. The van der Waals surface area contributed by atoms with Crippen molar-refractivity contribution in [3.8, 4) is 12.3 Å². The van der Waals surface area contributed by atoms with Crippen molar-refractivity contribution in [3.63, 3.8) is 0 Å². The first-order chi connectivity index (χ1) is 15.2. The van der Waals surface area contributed by atoms with Gasteiger partial charge in [0.15, 0.2) is 9.84 Å². The van der Waals surface area contributed by atoms with Gasteiger partial charge in [-0.2, -0.15) is 0 Å². The highest BCUT2D eigenvalue weighted by Crippen LogP contribution is 2.39. The molecule has 1 atom stereocenters. The molecule has 1 fully saturated rings. The number of rotatable bonds is 4. The fraction of sp³-hybridized carbons (Fsp3) is 0.217. The normalized spacial score (nSPS) is 20.0. The smallest absolute Gasteiger partial charge is 0.278 e. The number of nitrogens with zero attached hydrogens (tertiary/aromatic N) is 2. The van der Waals surface area contributed by atoms with E-state index in [9.17, 15) is 13.2 Å². The Morgan fingerprint density at radius 1 is 1.28 bits per heavy atom. The van der Waals surface area contributed by atoms with Crippen LogP contribution in [0.5, 0.6) is 0 Å². The summed E-state index contributed by atoms with van der Waals surface area (Å²) in [5.74, 6) is 1.51. The molecule has 3 aromatic rings. The summed E-state index contributed by atoms with van der Waals surface area (Å²) in [5, 5.41) is -2.91. The number of carbonyl (C=O) groups is 1. The van der Waals surface area contributed by atoms with Crippen LogP contribution in [0.15, 0.2) is 59.2 Å². The maximum Gasteiger partial charge on any atom is 0.278 e. The monoisotopic (exact) mass is 532 g/mol.